The van der Waals surface area contributed by atoms with Crippen LogP contribution >= 0.6 is 0 Å². The van der Waals surface area contributed by atoms with Gasteiger partial charge in [-0.25, -0.2) is 0 Å². The second kappa shape index (κ2) is 6.88. The first-order valence-electron chi connectivity index (χ1n) is 8.54. The Morgan fingerprint density at radius 2 is 1.19 bits per heavy atom. The van der Waals surface area contributed by atoms with E-state index in [1.54, 1.807) is 60.7 Å². The van der Waals surface area contributed by atoms with Gasteiger partial charge in [0.15, 0.2) is 0 Å². The molecule has 0 spiro atoms. The quantitative estimate of drug-likeness (QED) is 0.671. The molecule has 5 nitrogen and oxygen atoms in total. The number of nitrogens with zero attached hydrogens (tertiary/aromatic N) is 2. The van der Waals surface area contributed by atoms with Crippen LogP contribution in [0.3, 0.4) is 0 Å². The highest BCUT2D eigenvalue weighted by Gasteiger charge is 2.37. The number of para-hydroxylation sites is 1. The SMILES string of the molecule is O=C1c2ccccc2C(=O)N1CN(C(=O)c1ccccc1)c1ccccc1. The summed E-state index contributed by atoms with van der Waals surface area (Å²) >= 11 is 0. The van der Waals surface area contributed by atoms with Gasteiger partial charge in [-0.1, -0.05) is 48.5 Å². The predicted molar refractivity (Wildman–Crippen MR) is 102 cm³/mol. The molecule has 132 valence electrons. The number of hydrogen-bond acceptors (Lipinski definition) is 3. The number of amides is 3. The Morgan fingerprint density at radius 3 is 1.74 bits per heavy atom. The first-order valence-corrected chi connectivity index (χ1v) is 8.54. The number of hydrogen-bond donors (Lipinski definition) is 0. The van der Waals surface area contributed by atoms with Gasteiger partial charge < -0.3 is 0 Å². The second-order valence-electron chi connectivity index (χ2n) is 6.16. The normalized spacial score (nSPS) is 12.8. The molecule has 0 saturated heterocycles. The van der Waals surface area contributed by atoms with E-state index in [0.29, 0.717) is 22.4 Å². The molecule has 1 aliphatic heterocycles. The van der Waals surface area contributed by atoms with E-state index in [-0.39, 0.29) is 12.6 Å². The van der Waals surface area contributed by atoms with Crippen LogP contribution < -0.4 is 4.90 Å². The molecule has 3 aromatic carbocycles. The Morgan fingerprint density at radius 1 is 0.704 bits per heavy atom. The highest BCUT2D eigenvalue weighted by molar-refractivity contribution is 6.22. The molecule has 0 radical (unpaired) electrons. The molecule has 1 aliphatic rings. The van der Waals surface area contributed by atoms with Crippen molar-refractivity contribution in [2.24, 2.45) is 0 Å². The minimum absolute atomic E-state index is 0.149. The summed E-state index contributed by atoms with van der Waals surface area (Å²) < 4.78 is 0. The smallest absolute Gasteiger partial charge is 0.263 e. The molecule has 0 bridgehead atoms. The summed E-state index contributed by atoms with van der Waals surface area (Å²) in [4.78, 5) is 41.0. The summed E-state index contributed by atoms with van der Waals surface area (Å²) in [6, 6.07) is 24.5. The predicted octanol–water partition coefficient (Wildman–Crippen LogP) is 3.59. The maximum Gasteiger partial charge on any atom is 0.263 e. The number of anilines is 1. The molecule has 0 fully saturated rings. The monoisotopic (exact) mass is 356 g/mol. The number of fused-ring (bicyclic) bond motifs is 1. The van der Waals surface area contributed by atoms with Gasteiger partial charge in [0.2, 0.25) is 0 Å². The standard InChI is InChI=1S/C22H16N2O3/c25-20(16-9-3-1-4-10-16)23(17-11-5-2-6-12-17)15-24-21(26)18-13-7-8-14-19(18)22(24)27/h1-14H,15H2. The largest absolute Gasteiger partial charge is 0.290 e. The van der Waals surface area contributed by atoms with Crippen LogP contribution in [0, 0.1) is 0 Å². The topological polar surface area (TPSA) is 57.7 Å². The Labute approximate surface area is 156 Å². The molecule has 3 amide bonds. The van der Waals surface area contributed by atoms with Crippen LogP contribution in [0.5, 0.6) is 0 Å². The third-order valence-corrected chi connectivity index (χ3v) is 4.49. The van der Waals surface area contributed by atoms with Gasteiger partial charge in [-0.2, -0.15) is 0 Å². The lowest BCUT2D eigenvalue weighted by molar-refractivity contribution is 0.0650. The number of imide groups is 1. The lowest BCUT2D eigenvalue weighted by Gasteiger charge is -2.27. The molecular formula is C22H16N2O3. The maximum absolute atomic E-state index is 13.1. The van der Waals surface area contributed by atoms with E-state index in [9.17, 15) is 14.4 Å². The lowest BCUT2D eigenvalue weighted by Crippen LogP contribution is -2.44. The number of carbonyl (C=O) groups excluding carboxylic acids is 3. The average molecular weight is 356 g/mol. The zero-order valence-corrected chi connectivity index (χ0v) is 14.4. The Hall–Kier alpha value is -3.73. The molecule has 0 unspecified atom stereocenters. The molecule has 27 heavy (non-hydrogen) atoms. The van der Waals surface area contributed by atoms with Crippen LogP contribution in [0.15, 0.2) is 84.9 Å². The summed E-state index contributed by atoms with van der Waals surface area (Å²) in [6.07, 6.45) is 0. The fourth-order valence-corrected chi connectivity index (χ4v) is 3.12. The molecule has 0 N–H and O–H groups in total. The van der Waals surface area contributed by atoms with Crippen molar-refractivity contribution < 1.29 is 14.4 Å². The minimum atomic E-state index is -0.391. The zero-order chi connectivity index (χ0) is 18.8. The lowest BCUT2D eigenvalue weighted by atomic mass is 10.1. The van der Waals surface area contributed by atoms with Gasteiger partial charge in [-0.05, 0) is 36.4 Å². The van der Waals surface area contributed by atoms with Crippen molar-refractivity contribution in [2.75, 3.05) is 11.6 Å². The molecule has 0 saturated carbocycles. The zero-order valence-electron chi connectivity index (χ0n) is 14.4. The van der Waals surface area contributed by atoms with Crippen molar-refractivity contribution in [3.05, 3.63) is 102 Å². The first kappa shape index (κ1) is 16.7. The molecule has 4 rings (SSSR count). The van der Waals surface area contributed by atoms with Gasteiger partial charge in [0.25, 0.3) is 17.7 Å². The molecule has 0 aliphatic carbocycles. The third kappa shape index (κ3) is 3.00. The van der Waals surface area contributed by atoms with Gasteiger partial charge >= 0.3 is 0 Å². The van der Waals surface area contributed by atoms with E-state index in [2.05, 4.69) is 0 Å². The summed E-state index contributed by atoms with van der Waals surface area (Å²) in [5.74, 6) is -1.06. The van der Waals surface area contributed by atoms with Gasteiger partial charge in [-0.3, -0.25) is 24.2 Å². The highest BCUT2D eigenvalue weighted by atomic mass is 16.2. The Bertz CT molecular complexity index is 981. The van der Waals surface area contributed by atoms with Crippen molar-refractivity contribution in [3.8, 4) is 0 Å². The summed E-state index contributed by atoms with van der Waals surface area (Å²) in [7, 11) is 0. The molecule has 0 aromatic heterocycles. The highest BCUT2D eigenvalue weighted by Crippen LogP contribution is 2.25. The maximum atomic E-state index is 13.1. The average Bonchev–Trinajstić information content (AvgIpc) is 2.97. The molecule has 5 heteroatoms. The van der Waals surface area contributed by atoms with Crippen LogP contribution in [0.25, 0.3) is 0 Å². The molecule has 0 atom stereocenters. The van der Waals surface area contributed by atoms with E-state index in [1.807, 2.05) is 24.3 Å². The Kier molecular flexibility index (Phi) is 4.26. The van der Waals surface area contributed by atoms with Gasteiger partial charge in [0, 0.05) is 11.3 Å². The van der Waals surface area contributed by atoms with E-state index < -0.39 is 11.8 Å². The number of carbonyl (C=O) groups is 3. The number of rotatable bonds is 4. The summed E-state index contributed by atoms with van der Waals surface area (Å²) in [6.45, 7) is -0.149. The van der Waals surface area contributed by atoms with E-state index in [4.69, 9.17) is 0 Å². The van der Waals surface area contributed by atoms with Crippen molar-refractivity contribution >= 4 is 23.4 Å². The second-order valence-corrected chi connectivity index (χ2v) is 6.16. The Balaban J connectivity index is 1.70. The van der Waals surface area contributed by atoms with Crippen LogP contribution in [-0.2, 0) is 0 Å². The van der Waals surface area contributed by atoms with Gasteiger partial charge in [0.05, 0.1) is 11.1 Å². The van der Waals surface area contributed by atoms with Crippen LogP contribution in [0.4, 0.5) is 5.69 Å². The van der Waals surface area contributed by atoms with Crippen molar-refractivity contribution in [3.63, 3.8) is 0 Å². The molecular weight excluding hydrogens is 340 g/mol. The van der Waals surface area contributed by atoms with Gasteiger partial charge in [-0.15, -0.1) is 0 Å². The first-order chi connectivity index (χ1) is 13.2. The third-order valence-electron chi connectivity index (χ3n) is 4.49. The van der Waals surface area contributed by atoms with Crippen molar-refractivity contribution in [2.45, 2.75) is 0 Å². The molecule has 1 heterocycles. The van der Waals surface area contributed by atoms with E-state index in [1.165, 1.54) is 4.90 Å². The summed E-state index contributed by atoms with van der Waals surface area (Å²) in [5.41, 5.74) is 1.83. The van der Waals surface area contributed by atoms with Crippen LogP contribution in [0.2, 0.25) is 0 Å². The fraction of sp³-hybridized carbons (Fsp3) is 0.0455. The fourth-order valence-electron chi connectivity index (χ4n) is 3.12. The minimum Gasteiger partial charge on any atom is -0.290 e. The van der Waals surface area contributed by atoms with Gasteiger partial charge in [0.1, 0.15) is 6.67 Å². The van der Waals surface area contributed by atoms with Crippen LogP contribution in [-0.4, -0.2) is 29.3 Å². The number of benzene rings is 3. The molecule has 3 aromatic rings. The van der Waals surface area contributed by atoms with Crippen LogP contribution in [0.1, 0.15) is 31.1 Å². The van der Waals surface area contributed by atoms with E-state index in [0.717, 1.165) is 4.90 Å². The van der Waals surface area contributed by atoms with Crippen molar-refractivity contribution in [1.29, 1.82) is 0 Å². The van der Waals surface area contributed by atoms with E-state index >= 15 is 0 Å². The van der Waals surface area contributed by atoms with Crippen molar-refractivity contribution in [1.82, 2.24) is 4.90 Å². The summed E-state index contributed by atoms with van der Waals surface area (Å²) in [5, 5.41) is 0.